The molecule has 4 heteroatoms. The van der Waals surface area contributed by atoms with Gasteiger partial charge in [0.2, 0.25) is 0 Å². The summed E-state index contributed by atoms with van der Waals surface area (Å²) in [6, 6.07) is 5.95. The summed E-state index contributed by atoms with van der Waals surface area (Å²) >= 11 is 3.48. The number of hydrogen-bond donors (Lipinski definition) is 0. The summed E-state index contributed by atoms with van der Waals surface area (Å²) in [6.07, 6.45) is 3.46. The van der Waals surface area contributed by atoms with Crippen LogP contribution in [0.1, 0.15) is 44.6 Å². The number of piperidine rings is 1. The molecule has 0 saturated carbocycles. The molecule has 0 bridgehead atoms. The van der Waals surface area contributed by atoms with Gasteiger partial charge in [0.25, 0.3) is 5.91 Å². The van der Waals surface area contributed by atoms with E-state index in [1.807, 2.05) is 17.0 Å². The maximum absolute atomic E-state index is 12.1. The third-order valence-electron chi connectivity index (χ3n) is 3.65. The minimum Gasteiger partial charge on any atom is -0.483 e. The SMILES string of the molecule is CC(C)c1cc(Br)ccc1OCC(=O)N1CCCCC1. The Hall–Kier alpha value is -1.03. The second kappa shape index (κ2) is 7.11. The topological polar surface area (TPSA) is 29.5 Å². The first-order valence-corrected chi connectivity index (χ1v) is 8.07. The average molecular weight is 340 g/mol. The molecule has 1 saturated heterocycles. The number of ether oxygens (including phenoxy) is 1. The van der Waals surface area contributed by atoms with Gasteiger partial charge in [-0.05, 0) is 48.9 Å². The zero-order chi connectivity index (χ0) is 14.5. The van der Waals surface area contributed by atoms with Crippen molar-refractivity contribution in [2.24, 2.45) is 0 Å². The minimum atomic E-state index is 0.0994. The van der Waals surface area contributed by atoms with Gasteiger partial charge in [-0.2, -0.15) is 0 Å². The first kappa shape index (κ1) is 15.4. The number of benzene rings is 1. The van der Waals surface area contributed by atoms with Crippen LogP contribution in [-0.2, 0) is 4.79 Å². The lowest BCUT2D eigenvalue weighted by molar-refractivity contribution is -0.134. The third-order valence-corrected chi connectivity index (χ3v) is 4.15. The van der Waals surface area contributed by atoms with Crippen molar-refractivity contribution in [3.05, 3.63) is 28.2 Å². The summed E-state index contributed by atoms with van der Waals surface area (Å²) in [7, 11) is 0. The molecular weight excluding hydrogens is 318 g/mol. The van der Waals surface area contributed by atoms with Gasteiger partial charge in [-0.25, -0.2) is 0 Å². The molecule has 1 fully saturated rings. The monoisotopic (exact) mass is 339 g/mol. The van der Waals surface area contributed by atoms with E-state index in [0.29, 0.717) is 5.92 Å². The Morgan fingerprint density at radius 3 is 2.65 bits per heavy atom. The van der Waals surface area contributed by atoms with Crippen LogP contribution in [0.15, 0.2) is 22.7 Å². The van der Waals surface area contributed by atoms with E-state index in [9.17, 15) is 4.79 Å². The van der Waals surface area contributed by atoms with E-state index in [0.717, 1.165) is 41.7 Å². The van der Waals surface area contributed by atoms with Gasteiger partial charge in [0.1, 0.15) is 5.75 Å². The summed E-state index contributed by atoms with van der Waals surface area (Å²) in [5.41, 5.74) is 1.13. The molecule has 0 N–H and O–H groups in total. The molecule has 1 heterocycles. The van der Waals surface area contributed by atoms with Crippen LogP contribution in [-0.4, -0.2) is 30.5 Å². The highest BCUT2D eigenvalue weighted by Gasteiger charge is 2.17. The fourth-order valence-corrected chi connectivity index (χ4v) is 2.85. The van der Waals surface area contributed by atoms with Crippen molar-refractivity contribution in [1.29, 1.82) is 0 Å². The lowest BCUT2D eigenvalue weighted by Gasteiger charge is -2.26. The molecule has 20 heavy (non-hydrogen) atoms. The molecule has 1 aromatic rings. The number of halogens is 1. The van der Waals surface area contributed by atoms with Gasteiger partial charge in [0.15, 0.2) is 6.61 Å². The quantitative estimate of drug-likeness (QED) is 0.830. The van der Waals surface area contributed by atoms with Gasteiger partial charge < -0.3 is 9.64 Å². The van der Waals surface area contributed by atoms with Crippen LogP contribution in [0.25, 0.3) is 0 Å². The van der Waals surface area contributed by atoms with Gasteiger partial charge in [-0.1, -0.05) is 29.8 Å². The fraction of sp³-hybridized carbons (Fsp3) is 0.562. The molecule has 2 rings (SSSR count). The van der Waals surface area contributed by atoms with Crippen LogP contribution in [0, 0.1) is 0 Å². The molecule has 0 aromatic heterocycles. The Morgan fingerprint density at radius 1 is 1.30 bits per heavy atom. The number of hydrogen-bond acceptors (Lipinski definition) is 2. The van der Waals surface area contributed by atoms with Crippen molar-refractivity contribution in [2.75, 3.05) is 19.7 Å². The first-order chi connectivity index (χ1) is 9.58. The molecule has 1 aliphatic heterocycles. The normalized spacial score (nSPS) is 15.5. The third kappa shape index (κ3) is 3.98. The van der Waals surface area contributed by atoms with Crippen LogP contribution in [0.4, 0.5) is 0 Å². The standard InChI is InChI=1S/C16H22BrNO2/c1-12(2)14-10-13(17)6-7-15(14)20-11-16(19)18-8-4-3-5-9-18/h6-7,10,12H,3-5,8-9,11H2,1-2H3. The Kier molecular flexibility index (Phi) is 5.46. The molecule has 1 amide bonds. The summed E-state index contributed by atoms with van der Waals surface area (Å²) < 4.78 is 6.79. The molecule has 0 spiro atoms. The second-order valence-electron chi connectivity index (χ2n) is 5.57. The second-order valence-corrected chi connectivity index (χ2v) is 6.48. The van der Waals surface area contributed by atoms with Crippen molar-refractivity contribution < 1.29 is 9.53 Å². The van der Waals surface area contributed by atoms with Gasteiger partial charge in [-0.15, -0.1) is 0 Å². The number of rotatable bonds is 4. The zero-order valence-corrected chi connectivity index (χ0v) is 13.8. The van der Waals surface area contributed by atoms with Crippen LogP contribution >= 0.6 is 15.9 Å². The largest absolute Gasteiger partial charge is 0.483 e. The first-order valence-electron chi connectivity index (χ1n) is 7.28. The lowest BCUT2D eigenvalue weighted by atomic mass is 10.0. The smallest absolute Gasteiger partial charge is 0.260 e. The number of carbonyl (C=O) groups excluding carboxylic acids is 1. The van der Waals surface area contributed by atoms with Crippen LogP contribution in [0.3, 0.4) is 0 Å². The Bertz CT molecular complexity index is 468. The minimum absolute atomic E-state index is 0.0994. The summed E-state index contributed by atoms with van der Waals surface area (Å²) in [4.78, 5) is 14.0. The highest BCUT2D eigenvalue weighted by atomic mass is 79.9. The Morgan fingerprint density at radius 2 is 2.00 bits per heavy atom. The molecule has 1 aromatic carbocycles. The molecule has 0 radical (unpaired) electrons. The van der Waals surface area contributed by atoms with Crippen LogP contribution < -0.4 is 4.74 Å². The van der Waals surface area contributed by atoms with Gasteiger partial charge in [0, 0.05) is 17.6 Å². The van der Waals surface area contributed by atoms with Crippen molar-refractivity contribution in [2.45, 2.75) is 39.0 Å². The summed E-state index contributed by atoms with van der Waals surface area (Å²) in [5.74, 6) is 1.28. The Balaban J connectivity index is 1.98. The predicted molar refractivity (Wildman–Crippen MR) is 84.2 cm³/mol. The van der Waals surface area contributed by atoms with E-state index in [1.54, 1.807) is 0 Å². The molecule has 110 valence electrons. The Labute approximate surface area is 129 Å². The van der Waals surface area contributed by atoms with E-state index in [-0.39, 0.29) is 12.5 Å². The summed E-state index contributed by atoms with van der Waals surface area (Å²) in [6.45, 7) is 6.14. The van der Waals surface area contributed by atoms with E-state index in [2.05, 4.69) is 35.8 Å². The molecule has 0 atom stereocenters. The molecule has 3 nitrogen and oxygen atoms in total. The number of nitrogens with zero attached hydrogens (tertiary/aromatic N) is 1. The highest BCUT2D eigenvalue weighted by Crippen LogP contribution is 2.29. The van der Waals surface area contributed by atoms with Crippen molar-refractivity contribution in [3.63, 3.8) is 0 Å². The zero-order valence-electron chi connectivity index (χ0n) is 12.2. The lowest BCUT2D eigenvalue weighted by Crippen LogP contribution is -2.38. The average Bonchev–Trinajstić information content (AvgIpc) is 2.46. The van der Waals surface area contributed by atoms with E-state index in [1.165, 1.54) is 6.42 Å². The number of amides is 1. The van der Waals surface area contributed by atoms with Crippen molar-refractivity contribution in [3.8, 4) is 5.75 Å². The van der Waals surface area contributed by atoms with Crippen molar-refractivity contribution in [1.82, 2.24) is 4.90 Å². The van der Waals surface area contributed by atoms with E-state index >= 15 is 0 Å². The maximum atomic E-state index is 12.1. The van der Waals surface area contributed by atoms with Gasteiger partial charge in [-0.3, -0.25) is 4.79 Å². The van der Waals surface area contributed by atoms with Gasteiger partial charge in [0.05, 0.1) is 0 Å². The van der Waals surface area contributed by atoms with E-state index in [4.69, 9.17) is 4.74 Å². The summed E-state index contributed by atoms with van der Waals surface area (Å²) in [5, 5.41) is 0. The molecular formula is C16H22BrNO2. The van der Waals surface area contributed by atoms with Crippen LogP contribution in [0.2, 0.25) is 0 Å². The molecule has 0 aliphatic carbocycles. The predicted octanol–water partition coefficient (Wildman–Crippen LogP) is 3.96. The number of likely N-dealkylation sites (tertiary alicyclic amines) is 1. The fourth-order valence-electron chi connectivity index (χ4n) is 2.48. The van der Waals surface area contributed by atoms with Crippen molar-refractivity contribution >= 4 is 21.8 Å². The highest BCUT2D eigenvalue weighted by molar-refractivity contribution is 9.10. The van der Waals surface area contributed by atoms with Gasteiger partial charge >= 0.3 is 0 Å². The van der Waals surface area contributed by atoms with Crippen LogP contribution in [0.5, 0.6) is 5.75 Å². The van der Waals surface area contributed by atoms with E-state index < -0.39 is 0 Å². The maximum Gasteiger partial charge on any atom is 0.260 e. The number of carbonyl (C=O) groups is 1. The molecule has 0 unspecified atom stereocenters. The molecule has 1 aliphatic rings.